The highest BCUT2D eigenvalue weighted by Crippen LogP contribution is 2.51. The van der Waals surface area contributed by atoms with Gasteiger partial charge >= 0.3 is 5.97 Å². The maximum atomic E-state index is 12.4. The highest BCUT2D eigenvalue weighted by Gasteiger charge is 2.60. The van der Waals surface area contributed by atoms with Gasteiger partial charge in [0.05, 0.1) is 18.1 Å². The fourth-order valence-corrected chi connectivity index (χ4v) is 6.66. The van der Waals surface area contributed by atoms with Crippen LogP contribution in [0.3, 0.4) is 0 Å². The van der Waals surface area contributed by atoms with Crippen molar-refractivity contribution in [3.05, 3.63) is 10.6 Å². The van der Waals surface area contributed by atoms with Gasteiger partial charge in [-0.15, -0.1) is 11.8 Å². The van der Waals surface area contributed by atoms with E-state index < -0.39 is 18.0 Å². The molecule has 0 aliphatic carbocycles. The molecule has 2 amide bonds. The van der Waals surface area contributed by atoms with E-state index in [1.165, 1.54) is 4.90 Å². The zero-order chi connectivity index (χ0) is 20.2. The molecule has 4 N–H and O–H groups in total. The average molecular weight is 410 g/mol. The molecule has 0 spiro atoms. The lowest BCUT2D eigenvalue weighted by molar-refractivity contribution is -0.163. The fraction of sp³-hybridized carbons (Fsp3) is 0.737. The number of carbonyl (C=O) groups is 3. The number of nitrogens with one attached hydrogen (secondary N) is 2. The molecule has 154 valence electrons. The Morgan fingerprint density at radius 2 is 2.11 bits per heavy atom. The van der Waals surface area contributed by atoms with Crippen LogP contribution < -0.4 is 10.6 Å². The number of carboxylic acids is 1. The number of amides is 2. The van der Waals surface area contributed by atoms with Gasteiger partial charge in [0, 0.05) is 41.6 Å². The number of nitrogens with zero attached hydrogens (tertiary/aromatic N) is 1. The van der Waals surface area contributed by atoms with Crippen molar-refractivity contribution in [2.75, 3.05) is 13.1 Å². The second-order valence-corrected chi connectivity index (χ2v) is 9.80. The Morgan fingerprint density at radius 1 is 1.36 bits per heavy atom. The van der Waals surface area contributed by atoms with Crippen LogP contribution in [0, 0.1) is 17.8 Å². The number of aliphatic hydroxyl groups is 1. The topological polar surface area (TPSA) is 119 Å². The van der Waals surface area contributed by atoms with Crippen molar-refractivity contribution < 1.29 is 24.6 Å². The Kier molecular flexibility index (Phi) is 5.18. The Bertz CT molecular complexity index is 739. The van der Waals surface area contributed by atoms with Crippen molar-refractivity contribution >= 4 is 29.5 Å². The molecule has 4 aliphatic rings. The first kappa shape index (κ1) is 19.7. The summed E-state index contributed by atoms with van der Waals surface area (Å²) in [6.07, 6.45) is 1.65. The summed E-state index contributed by atoms with van der Waals surface area (Å²) < 4.78 is 0. The van der Waals surface area contributed by atoms with Crippen molar-refractivity contribution in [2.45, 2.75) is 56.5 Å². The summed E-state index contributed by atoms with van der Waals surface area (Å²) in [7, 11) is 0. The molecule has 3 fully saturated rings. The van der Waals surface area contributed by atoms with Crippen molar-refractivity contribution in [2.24, 2.45) is 17.8 Å². The van der Waals surface area contributed by atoms with Gasteiger partial charge in [-0.3, -0.25) is 9.59 Å². The predicted molar refractivity (Wildman–Crippen MR) is 103 cm³/mol. The van der Waals surface area contributed by atoms with Gasteiger partial charge in [-0.25, -0.2) is 4.79 Å². The lowest BCUT2D eigenvalue weighted by Crippen LogP contribution is -2.63. The van der Waals surface area contributed by atoms with E-state index in [2.05, 4.69) is 10.6 Å². The molecular formula is C19H27N3O5S. The van der Waals surface area contributed by atoms with E-state index >= 15 is 0 Å². The number of aliphatic carboxylic acids is 1. The monoisotopic (exact) mass is 409 g/mol. The smallest absolute Gasteiger partial charge is 0.353 e. The SMILES string of the molecule is C[C@@H](O)[C@H]1C(=O)N2C(C(=O)O)=C(S[C@@H]3CN[C@H](CC4CNC(=O)C4)C3)[C@H](C)[C@H]12. The van der Waals surface area contributed by atoms with Crippen LogP contribution in [-0.2, 0) is 14.4 Å². The minimum absolute atomic E-state index is 0.0934. The maximum absolute atomic E-state index is 12.4. The van der Waals surface area contributed by atoms with Gasteiger partial charge < -0.3 is 25.7 Å². The second-order valence-electron chi connectivity index (χ2n) is 8.46. The van der Waals surface area contributed by atoms with Gasteiger partial charge in [-0.1, -0.05) is 6.92 Å². The number of hydrogen-bond donors (Lipinski definition) is 4. The maximum Gasteiger partial charge on any atom is 0.353 e. The second kappa shape index (κ2) is 7.35. The van der Waals surface area contributed by atoms with E-state index in [0.29, 0.717) is 18.4 Å². The zero-order valence-corrected chi connectivity index (χ0v) is 16.9. The highest BCUT2D eigenvalue weighted by atomic mass is 32.2. The molecule has 3 saturated heterocycles. The van der Waals surface area contributed by atoms with Gasteiger partial charge in [-0.05, 0) is 25.7 Å². The quantitative estimate of drug-likeness (QED) is 0.461. The first-order valence-electron chi connectivity index (χ1n) is 9.93. The van der Waals surface area contributed by atoms with E-state index in [-0.39, 0.29) is 34.7 Å². The molecule has 0 saturated carbocycles. The molecule has 4 heterocycles. The van der Waals surface area contributed by atoms with Crippen molar-refractivity contribution in [3.8, 4) is 0 Å². The number of β-lactam (4-membered cyclic amide) rings is 1. The molecule has 7 atom stereocenters. The van der Waals surface area contributed by atoms with Crippen LogP contribution in [0.1, 0.15) is 33.1 Å². The molecule has 0 bridgehead atoms. The number of fused-ring (bicyclic) bond motifs is 1. The molecule has 4 aliphatic heterocycles. The molecular weight excluding hydrogens is 382 g/mol. The molecule has 0 radical (unpaired) electrons. The number of aliphatic hydroxyl groups excluding tert-OH is 1. The van der Waals surface area contributed by atoms with Crippen molar-refractivity contribution in [3.63, 3.8) is 0 Å². The van der Waals surface area contributed by atoms with Crippen LogP contribution in [0.15, 0.2) is 10.6 Å². The summed E-state index contributed by atoms with van der Waals surface area (Å²) in [6, 6.07) is 0.0616. The van der Waals surface area contributed by atoms with Gasteiger partial charge in [0.1, 0.15) is 5.70 Å². The number of thioether (sulfide) groups is 1. The van der Waals surface area contributed by atoms with Gasteiger partial charge in [0.2, 0.25) is 11.8 Å². The van der Waals surface area contributed by atoms with Crippen molar-refractivity contribution in [1.29, 1.82) is 0 Å². The third kappa shape index (κ3) is 3.23. The summed E-state index contributed by atoms with van der Waals surface area (Å²) in [6.45, 7) is 5.06. The number of rotatable bonds is 6. The van der Waals surface area contributed by atoms with E-state index in [0.717, 1.165) is 30.8 Å². The predicted octanol–water partition coefficient (Wildman–Crippen LogP) is 0.130. The fourth-order valence-electron chi connectivity index (χ4n) is 5.14. The zero-order valence-electron chi connectivity index (χ0n) is 16.1. The van der Waals surface area contributed by atoms with Crippen LogP contribution in [0.4, 0.5) is 0 Å². The molecule has 9 heteroatoms. The Labute approximate surface area is 168 Å². The molecule has 8 nitrogen and oxygen atoms in total. The standard InChI is InChI=1S/C19H27N3O5S/c1-8-15-14(9(2)23)18(25)22(15)16(19(26)27)17(8)28-12-5-11(20-7-12)3-10-4-13(24)21-6-10/h8-12,14-15,20,23H,3-7H2,1-2H3,(H,21,24)(H,26,27)/t8-,9-,10?,11-,12+,14-,15-/m1/s1. The normalized spacial score (nSPS) is 38.5. The minimum atomic E-state index is -1.08. The Hall–Kier alpha value is -1.58. The van der Waals surface area contributed by atoms with Crippen LogP contribution >= 0.6 is 11.8 Å². The van der Waals surface area contributed by atoms with Gasteiger partial charge in [0.15, 0.2) is 0 Å². The molecule has 4 rings (SSSR count). The van der Waals surface area contributed by atoms with Crippen LogP contribution in [0.25, 0.3) is 0 Å². The molecule has 1 unspecified atom stereocenters. The largest absolute Gasteiger partial charge is 0.477 e. The first-order valence-corrected chi connectivity index (χ1v) is 10.8. The van der Waals surface area contributed by atoms with E-state index in [1.54, 1.807) is 18.7 Å². The molecule has 0 aromatic heterocycles. The molecule has 0 aromatic rings. The third-order valence-corrected chi connectivity index (χ3v) is 7.98. The van der Waals surface area contributed by atoms with Gasteiger partial charge in [-0.2, -0.15) is 0 Å². The number of hydrogen-bond acceptors (Lipinski definition) is 6. The van der Waals surface area contributed by atoms with Crippen molar-refractivity contribution in [1.82, 2.24) is 15.5 Å². The van der Waals surface area contributed by atoms with Crippen LogP contribution in [0.5, 0.6) is 0 Å². The number of carboxylic acid groups (broad SMARTS) is 1. The molecule has 28 heavy (non-hydrogen) atoms. The Balaban J connectivity index is 1.43. The van der Waals surface area contributed by atoms with Gasteiger partial charge in [0.25, 0.3) is 0 Å². The third-order valence-electron chi connectivity index (χ3n) is 6.47. The van der Waals surface area contributed by atoms with E-state index in [4.69, 9.17) is 0 Å². The lowest BCUT2D eigenvalue weighted by atomic mass is 9.79. The summed E-state index contributed by atoms with van der Waals surface area (Å²) in [5.74, 6) is -1.51. The van der Waals surface area contributed by atoms with E-state index in [9.17, 15) is 24.6 Å². The summed E-state index contributed by atoms with van der Waals surface area (Å²) in [5, 5.41) is 26.3. The summed E-state index contributed by atoms with van der Waals surface area (Å²) >= 11 is 1.56. The van der Waals surface area contributed by atoms with Crippen LogP contribution in [-0.4, -0.2) is 69.4 Å². The lowest BCUT2D eigenvalue weighted by Gasteiger charge is -2.46. The van der Waals surface area contributed by atoms with Crippen LogP contribution in [0.2, 0.25) is 0 Å². The first-order chi connectivity index (χ1) is 13.3. The minimum Gasteiger partial charge on any atom is -0.477 e. The Morgan fingerprint density at radius 3 is 2.71 bits per heavy atom. The highest BCUT2D eigenvalue weighted by molar-refractivity contribution is 8.03. The number of carbonyl (C=O) groups excluding carboxylic acids is 2. The summed E-state index contributed by atoms with van der Waals surface area (Å²) in [5.41, 5.74) is 0.0958. The van der Waals surface area contributed by atoms with E-state index in [1.807, 2.05) is 6.92 Å². The molecule has 0 aromatic carbocycles. The summed E-state index contributed by atoms with van der Waals surface area (Å²) in [4.78, 5) is 37.8. The average Bonchev–Trinajstić information content (AvgIpc) is 3.28.